The fraction of sp³-hybridized carbons (Fsp3) is 0.385. The quantitative estimate of drug-likeness (QED) is 0.422. The molecule has 1 rings (SSSR count). The van der Waals surface area contributed by atoms with Crippen molar-refractivity contribution in [2.24, 2.45) is 0 Å². The number of benzene rings is 1. The second-order valence-corrected chi connectivity index (χ2v) is 5.22. The van der Waals surface area contributed by atoms with E-state index in [9.17, 15) is 9.59 Å². The Bertz CT molecular complexity index is 495. The summed E-state index contributed by atoms with van der Waals surface area (Å²) in [6.07, 6.45) is 3.04. The maximum atomic E-state index is 11.9. The molecule has 0 bridgehead atoms. The number of hydrogen-bond acceptors (Lipinski definition) is 2. The van der Waals surface area contributed by atoms with Gasteiger partial charge in [0, 0.05) is 30.8 Å². The van der Waals surface area contributed by atoms with Crippen molar-refractivity contribution < 1.29 is 9.59 Å². The fourth-order valence-corrected chi connectivity index (χ4v) is 2.11. The Balaban J connectivity index is 0.00000361. The molecular formula is C13H14Cl3NO2Sb. The fourth-order valence-electron chi connectivity index (χ4n) is 1.49. The number of unbranched alkanes of at least 4 members (excludes halogenated alkanes) is 2. The van der Waals surface area contributed by atoms with Crippen molar-refractivity contribution in [2.75, 3.05) is 0 Å². The van der Waals surface area contributed by atoms with Gasteiger partial charge in [0.15, 0.2) is 0 Å². The smallest absolute Gasteiger partial charge is 0.259 e. The third-order valence-corrected chi connectivity index (χ3v) is 3.83. The van der Waals surface area contributed by atoms with Gasteiger partial charge in [0.1, 0.15) is 0 Å². The molecule has 7 heteroatoms. The molecule has 3 nitrogen and oxygen atoms in total. The van der Waals surface area contributed by atoms with Gasteiger partial charge in [-0.25, -0.2) is 0 Å². The van der Waals surface area contributed by atoms with Crippen LogP contribution in [-0.2, 0) is 4.79 Å². The molecule has 0 aliphatic carbocycles. The Morgan fingerprint density at radius 2 is 1.75 bits per heavy atom. The first kappa shape index (κ1) is 20.0. The van der Waals surface area contributed by atoms with Crippen LogP contribution in [0.1, 0.15) is 43.0 Å². The van der Waals surface area contributed by atoms with Crippen molar-refractivity contribution in [3.63, 3.8) is 0 Å². The molecule has 0 saturated carbocycles. The minimum absolute atomic E-state index is 0. The van der Waals surface area contributed by atoms with E-state index in [4.69, 9.17) is 34.8 Å². The van der Waals surface area contributed by atoms with Crippen LogP contribution in [0, 0.1) is 0 Å². The summed E-state index contributed by atoms with van der Waals surface area (Å²) in [6, 6.07) is 2.90. The number of amides is 2. The van der Waals surface area contributed by atoms with E-state index < -0.39 is 5.91 Å². The number of hydrogen-bond donors (Lipinski definition) is 1. The summed E-state index contributed by atoms with van der Waals surface area (Å²) in [5.74, 6) is -0.884. The minimum Gasteiger partial charge on any atom is -0.292 e. The predicted octanol–water partition coefficient (Wildman–Crippen LogP) is 4.10. The van der Waals surface area contributed by atoms with Crippen molar-refractivity contribution in [1.82, 2.24) is 5.32 Å². The van der Waals surface area contributed by atoms with Crippen LogP contribution in [0.5, 0.6) is 0 Å². The normalized spacial score (nSPS) is 9.80. The molecule has 0 atom stereocenters. The summed E-state index contributed by atoms with van der Waals surface area (Å²) in [4.78, 5) is 23.4. The molecule has 0 aliphatic rings. The summed E-state index contributed by atoms with van der Waals surface area (Å²) >= 11 is 17.5. The molecule has 0 heterocycles. The summed E-state index contributed by atoms with van der Waals surface area (Å²) < 4.78 is 0. The van der Waals surface area contributed by atoms with Crippen LogP contribution in [0.15, 0.2) is 12.1 Å². The van der Waals surface area contributed by atoms with Crippen LogP contribution < -0.4 is 5.32 Å². The monoisotopic (exact) mass is 442 g/mol. The zero-order valence-corrected chi connectivity index (χ0v) is 15.7. The predicted molar refractivity (Wildman–Crippen MR) is 83.8 cm³/mol. The van der Waals surface area contributed by atoms with Gasteiger partial charge in [0.25, 0.3) is 5.91 Å². The van der Waals surface area contributed by atoms with Gasteiger partial charge in [-0.15, -0.1) is 0 Å². The first-order valence-electron chi connectivity index (χ1n) is 5.95. The Morgan fingerprint density at radius 3 is 2.35 bits per heavy atom. The van der Waals surface area contributed by atoms with Gasteiger partial charge in [-0.2, -0.15) is 0 Å². The molecule has 0 unspecified atom stereocenters. The van der Waals surface area contributed by atoms with Crippen molar-refractivity contribution in [3.8, 4) is 0 Å². The maximum absolute atomic E-state index is 11.9. The molecule has 1 N–H and O–H groups in total. The van der Waals surface area contributed by atoms with Crippen LogP contribution in [0.25, 0.3) is 0 Å². The van der Waals surface area contributed by atoms with Crippen LogP contribution in [0.4, 0.5) is 0 Å². The zero-order chi connectivity index (χ0) is 14.4. The standard InChI is InChI=1S/C13H14Cl3NO2.Sb/c1-2-3-4-5-10(18)17-13(19)8-6-7-9(14)12(16)11(8)15;/h6-7H,2-5H2,1H3,(H,17,18,19);. The molecule has 1 aromatic rings. The van der Waals surface area contributed by atoms with Crippen molar-refractivity contribution >= 4 is 71.0 Å². The average Bonchev–Trinajstić information content (AvgIpc) is 2.36. The molecule has 0 aliphatic heterocycles. The SMILES string of the molecule is CCCCCC(=O)NC(=O)c1ccc(Cl)c(Cl)c1Cl.[Sb]. The Morgan fingerprint density at radius 1 is 1.10 bits per heavy atom. The van der Waals surface area contributed by atoms with Gasteiger partial charge in [-0.3, -0.25) is 14.9 Å². The number of halogens is 3. The molecule has 20 heavy (non-hydrogen) atoms. The molecule has 2 amide bonds. The molecule has 0 saturated heterocycles. The van der Waals surface area contributed by atoms with Gasteiger partial charge in [-0.1, -0.05) is 54.6 Å². The van der Waals surface area contributed by atoms with Gasteiger partial charge < -0.3 is 0 Å². The van der Waals surface area contributed by atoms with Gasteiger partial charge >= 0.3 is 0 Å². The summed E-state index contributed by atoms with van der Waals surface area (Å²) in [7, 11) is 0. The van der Waals surface area contributed by atoms with E-state index in [1.165, 1.54) is 12.1 Å². The second kappa shape index (κ2) is 9.89. The van der Waals surface area contributed by atoms with Gasteiger partial charge in [0.05, 0.1) is 20.6 Å². The van der Waals surface area contributed by atoms with Crippen LogP contribution >= 0.6 is 34.8 Å². The third-order valence-electron chi connectivity index (χ3n) is 2.54. The Labute approximate surface area is 150 Å². The first-order valence-corrected chi connectivity index (χ1v) is 7.08. The largest absolute Gasteiger partial charge is 0.292 e. The van der Waals surface area contributed by atoms with E-state index in [0.29, 0.717) is 6.42 Å². The van der Waals surface area contributed by atoms with Gasteiger partial charge in [0.2, 0.25) is 5.91 Å². The van der Waals surface area contributed by atoms with E-state index >= 15 is 0 Å². The Kier molecular flexibility index (Phi) is 9.91. The molecule has 3 radical (unpaired) electrons. The third kappa shape index (κ3) is 5.81. The van der Waals surface area contributed by atoms with E-state index in [2.05, 4.69) is 5.32 Å². The number of nitrogens with one attached hydrogen (secondary N) is 1. The number of carbonyl (C=O) groups is 2. The van der Waals surface area contributed by atoms with E-state index in [1.54, 1.807) is 0 Å². The van der Waals surface area contributed by atoms with E-state index in [-0.39, 0.29) is 51.0 Å². The van der Waals surface area contributed by atoms with Crippen LogP contribution in [0.3, 0.4) is 0 Å². The number of imide groups is 1. The topological polar surface area (TPSA) is 46.2 Å². The minimum atomic E-state index is -0.565. The van der Waals surface area contributed by atoms with E-state index in [0.717, 1.165) is 19.3 Å². The van der Waals surface area contributed by atoms with Crippen molar-refractivity contribution in [1.29, 1.82) is 0 Å². The number of carbonyl (C=O) groups excluding carboxylic acids is 2. The van der Waals surface area contributed by atoms with Crippen molar-refractivity contribution in [2.45, 2.75) is 32.6 Å². The Hall–Kier alpha value is 0.0482. The van der Waals surface area contributed by atoms with Crippen LogP contribution in [-0.4, -0.2) is 36.2 Å². The molecule has 0 spiro atoms. The van der Waals surface area contributed by atoms with Crippen molar-refractivity contribution in [3.05, 3.63) is 32.8 Å². The maximum Gasteiger partial charge on any atom is 0.259 e. The van der Waals surface area contributed by atoms with E-state index in [1.807, 2.05) is 6.92 Å². The molecule has 0 aromatic heterocycles. The zero-order valence-electron chi connectivity index (χ0n) is 10.9. The summed E-state index contributed by atoms with van der Waals surface area (Å²) in [6.45, 7) is 2.04. The number of rotatable bonds is 5. The molecule has 0 fully saturated rings. The summed E-state index contributed by atoms with van der Waals surface area (Å²) in [5, 5.41) is 2.70. The molecule has 109 valence electrons. The molecular weight excluding hydrogens is 430 g/mol. The van der Waals surface area contributed by atoms with Gasteiger partial charge in [-0.05, 0) is 18.6 Å². The summed E-state index contributed by atoms with van der Waals surface area (Å²) in [5.41, 5.74) is 0.139. The first-order chi connectivity index (χ1) is 8.97. The average molecular weight is 444 g/mol. The second-order valence-electron chi connectivity index (χ2n) is 4.06. The van der Waals surface area contributed by atoms with Crippen LogP contribution in [0.2, 0.25) is 15.1 Å². The molecule has 1 aromatic carbocycles.